The van der Waals surface area contributed by atoms with Gasteiger partial charge in [0.15, 0.2) is 0 Å². The minimum absolute atomic E-state index is 0.00969. The molecule has 0 aliphatic carbocycles. The lowest BCUT2D eigenvalue weighted by Gasteiger charge is -2.11. The normalized spacial score (nSPS) is 11.5. The molecule has 0 radical (unpaired) electrons. The van der Waals surface area contributed by atoms with Crippen molar-refractivity contribution in [1.82, 2.24) is 0 Å². The Morgan fingerprint density at radius 3 is 2.14 bits per heavy atom. The minimum atomic E-state index is -4.44. The average Bonchev–Trinajstić information content (AvgIpc) is 2.42. The highest BCUT2D eigenvalue weighted by atomic mass is 79.9. The predicted molar refractivity (Wildman–Crippen MR) is 82.7 cm³/mol. The summed E-state index contributed by atoms with van der Waals surface area (Å²) in [4.78, 5) is 12.0. The van der Waals surface area contributed by atoms with Crippen molar-refractivity contribution >= 4 is 21.7 Å². The quantitative estimate of drug-likeness (QED) is 0.728. The van der Waals surface area contributed by atoms with Crippen molar-refractivity contribution < 1.29 is 18.0 Å². The fraction of sp³-hybridized carbons (Fsp3) is 0.235. The van der Waals surface area contributed by atoms with Crippen molar-refractivity contribution in [3.05, 3.63) is 69.2 Å². The molecule has 0 N–H and O–H groups in total. The maximum absolute atomic E-state index is 12.8. The number of ketones is 1. The van der Waals surface area contributed by atoms with Crippen LogP contribution in [0, 0.1) is 6.92 Å². The summed E-state index contributed by atoms with van der Waals surface area (Å²) < 4.78 is 38.5. The predicted octanol–water partition coefficient (Wildman–Crippen LogP) is 5.13. The first-order valence-electron chi connectivity index (χ1n) is 6.68. The maximum atomic E-state index is 12.8. The van der Waals surface area contributed by atoms with E-state index in [0.29, 0.717) is 5.56 Å². The molecule has 0 fully saturated rings. The molecule has 2 aromatic rings. The van der Waals surface area contributed by atoms with E-state index in [1.54, 1.807) is 0 Å². The number of aryl methyl sites for hydroxylation is 1. The Bertz CT molecular complexity index is 675. The number of rotatable bonds is 4. The van der Waals surface area contributed by atoms with Gasteiger partial charge in [-0.05, 0) is 30.2 Å². The first-order chi connectivity index (χ1) is 10.3. The number of benzene rings is 2. The standard InChI is InChI=1S/C17H14BrF3O/c1-11-2-4-12(5-3-11)8-14(22)9-13-6-7-16(18)15(10-13)17(19,20)21/h2-7,10H,8-9H2,1H3. The van der Waals surface area contributed by atoms with Crippen LogP contribution in [0.5, 0.6) is 0 Å². The molecule has 0 saturated heterocycles. The maximum Gasteiger partial charge on any atom is 0.417 e. The van der Waals surface area contributed by atoms with Gasteiger partial charge in [-0.25, -0.2) is 0 Å². The number of carbonyl (C=O) groups is 1. The van der Waals surface area contributed by atoms with Crippen molar-refractivity contribution in [2.75, 3.05) is 0 Å². The lowest BCUT2D eigenvalue weighted by Crippen LogP contribution is -2.10. The second-order valence-corrected chi connectivity index (χ2v) is 6.04. The van der Waals surface area contributed by atoms with Gasteiger partial charge in [0.05, 0.1) is 5.56 Å². The molecule has 1 nitrogen and oxygen atoms in total. The lowest BCUT2D eigenvalue weighted by molar-refractivity contribution is -0.138. The molecule has 0 spiro atoms. The fourth-order valence-corrected chi connectivity index (χ4v) is 2.59. The SMILES string of the molecule is Cc1ccc(CC(=O)Cc2ccc(Br)c(C(F)(F)F)c2)cc1. The molecule has 0 heterocycles. The summed E-state index contributed by atoms with van der Waals surface area (Å²) in [6, 6.07) is 11.4. The van der Waals surface area contributed by atoms with Crippen molar-refractivity contribution in [1.29, 1.82) is 0 Å². The van der Waals surface area contributed by atoms with E-state index in [1.165, 1.54) is 12.1 Å². The topological polar surface area (TPSA) is 17.1 Å². The highest BCUT2D eigenvalue weighted by molar-refractivity contribution is 9.10. The van der Waals surface area contributed by atoms with Gasteiger partial charge in [0.25, 0.3) is 0 Å². The van der Waals surface area contributed by atoms with Gasteiger partial charge in [-0.1, -0.05) is 51.8 Å². The number of halogens is 4. The van der Waals surface area contributed by atoms with E-state index < -0.39 is 11.7 Å². The van der Waals surface area contributed by atoms with E-state index in [2.05, 4.69) is 15.9 Å². The summed E-state index contributed by atoms with van der Waals surface area (Å²) in [7, 11) is 0. The number of carbonyl (C=O) groups excluding carboxylic acids is 1. The molecule has 0 bridgehead atoms. The highest BCUT2D eigenvalue weighted by Crippen LogP contribution is 2.35. The van der Waals surface area contributed by atoms with E-state index in [9.17, 15) is 18.0 Å². The Kier molecular flexibility index (Phi) is 5.06. The van der Waals surface area contributed by atoms with Crippen molar-refractivity contribution in [2.24, 2.45) is 0 Å². The van der Waals surface area contributed by atoms with Gasteiger partial charge in [-0.15, -0.1) is 0 Å². The summed E-state index contributed by atoms with van der Waals surface area (Å²) >= 11 is 2.89. The molecule has 0 amide bonds. The highest BCUT2D eigenvalue weighted by Gasteiger charge is 2.33. The molecule has 116 valence electrons. The molecule has 0 atom stereocenters. The van der Waals surface area contributed by atoms with Crippen LogP contribution >= 0.6 is 15.9 Å². The molecule has 0 saturated carbocycles. The molecular formula is C17H14BrF3O. The van der Waals surface area contributed by atoms with Gasteiger partial charge in [0, 0.05) is 17.3 Å². The van der Waals surface area contributed by atoms with E-state index in [0.717, 1.165) is 17.2 Å². The molecular weight excluding hydrogens is 357 g/mol. The second-order valence-electron chi connectivity index (χ2n) is 5.19. The number of hydrogen-bond donors (Lipinski definition) is 0. The number of alkyl halides is 3. The van der Waals surface area contributed by atoms with Crippen LogP contribution in [0.3, 0.4) is 0 Å². The largest absolute Gasteiger partial charge is 0.417 e. The third-order valence-corrected chi connectivity index (χ3v) is 3.95. The van der Waals surface area contributed by atoms with Crippen LogP contribution in [0.15, 0.2) is 46.9 Å². The number of Topliss-reactive ketones (excluding diaryl/α,β-unsaturated/α-hetero) is 1. The van der Waals surface area contributed by atoms with E-state index >= 15 is 0 Å². The van der Waals surface area contributed by atoms with Gasteiger partial charge in [-0.3, -0.25) is 4.79 Å². The van der Waals surface area contributed by atoms with Crippen LogP contribution in [0.4, 0.5) is 13.2 Å². The van der Waals surface area contributed by atoms with Gasteiger partial charge < -0.3 is 0 Å². The average molecular weight is 371 g/mol. The van der Waals surface area contributed by atoms with Crippen LogP contribution in [0.25, 0.3) is 0 Å². The first kappa shape index (κ1) is 16.7. The molecule has 0 aliphatic heterocycles. The number of hydrogen-bond acceptors (Lipinski definition) is 1. The van der Waals surface area contributed by atoms with E-state index in [1.807, 2.05) is 31.2 Å². The summed E-state index contributed by atoms with van der Waals surface area (Å²) in [5, 5.41) is 0. The lowest BCUT2D eigenvalue weighted by atomic mass is 10.0. The van der Waals surface area contributed by atoms with Crippen molar-refractivity contribution in [2.45, 2.75) is 25.9 Å². The Morgan fingerprint density at radius 1 is 1.00 bits per heavy atom. The molecule has 22 heavy (non-hydrogen) atoms. The second kappa shape index (κ2) is 6.65. The van der Waals surface area contributed by atoms with Crippen molar-refractivity contribution in [3.63, 3.8) is 0 Å². The molecule has 0 aromatic heterocycles. The van der Waals surface area contributed by atoms with Crippen LogP contribution in [0.1, 0.15) is 22.3 Å². The Labute approximate surface area is 135 Å². The zero-order chi connectivity index (χ0) is 16.3. The van der Waals surface area contributed by atoms with E-state index in [4.69, 9.17) is 0 Å². The Balaban J connectivity index is 2.10. The minimum Gasteiger partial charge on any atom is -0.299 e. The molecule has 0 aliphatic rings. The smallest absolute Gasteiger partial charge is 0.299 e. The van der Waals surface area contributed by atoms with Crippen LogP contribution in [0.2, 0.25) is 0 Å². The van der Waals surface area contributed by atoms with Gasteiger partial charge in [0.1, 0.15) is 5.78 Å². The summed E-state index contributed by atoms with van der Waals surface area (Å²) in [6.45, 7) is 1.95. The van der Waals surface area contributed by atoms with Crippen LogP contribution < -0.4 is 0 Å². The van der Waals surface area contributed by atoms with Crippen LogP contribution in [-0.2, 0) is 23.8 Å². The Morgan fingerprint density at radius 2 is 1.55 bits per heavy atom. The monoisotopic (exact) mass is 370 g/mol. The van der Waals surface area contributed by atoms with Gasteiger partial charge in [0.2, 0.25) is 0 Å². The molecule has 2 rings (SSSR count). The van der Waals surface area contributed by atoms with Gasteiger partial charge in [-0.2, -0.15) is 13.2 Å². The van der Waals surface area contributed by atoms with E-state index in [-0.39, 0.29) is 23.1 Å². The molecule has 5 heteroatoms. The zero-order valence-electron chi connectivity index (χ0n) is 11.9. The van der Waals surface area contributed by atoms with Crippen molar-refractivity contribution in [3.8, 4) is 0 Å². The molecule has 2 aromatic carbocycles. The first-order valence-corrected chi connectivity index (χ1v) is 7.48. The molecule has 0 unspecified atom stereocenters. The summed E-state index contributed by atoms with van der Waals surface area (Å²) in [5.41, 5.74) is 1.57. The fourth-order valence-electron chi connectivity index (χ4n) is 2.12. The van der Waals surface area contributed by atoms with Gasteiger partial charge >= 0.3 is 6.18 Å². The third-order valence-electron chi connectivity index (χ3n) is 3.26. The Hall–Kier alpha value is -1.62. The zero-order valence-corrected chi connectivity index (χ0v) is 13.5. The summed E-state index contributed by atoms with van der Waals surface area (Å²) in [6.07, 6.45) is -4.23. The van der Waals surface area contributed by atoms with Crippen LogP contribution in [-0.4, -0.2) is 5.78 Å². The third kappa shape index (κ3) is 4.44. The summed E-state index contributed by atoms with van der Waals surface area (Å²) in [5.74, 6) is -0.112.